The van der Waals surface area contributed by atoms with Crippen LogP contribution in [-0.2, 0) is 11.0 Å². The van der Waals surface area contributed by atoms with Gasteiger partial charge in [-0.2, -0.15) is 13.2 Å². The van der Waals surface area contributed by atoms with Crippen LogP contribution in [0.1, 0.15) is 47.4 Å². The van der Waals surface area contributed by atoms with Crippen LogP contribution >= 0.6 is 15.9 Å². The summed E-state index contributed by atoms with van der Waals surface area (Å²) in [5.74, 6) is -0.633. The van der Waals surface area contributed by atoms with Crippen LogP contribution in [0.3, 0.4) is 0 Å². The van der Waals surface area contributed by atoms with Gasteiger partial charge in [0.05, 0.1) is 11.3 Å². The highest BCUT2D eigenvalue weighted by Crippen LogP contribution is 2.35. The zero-order valence-electron chi connectivity index (χ0n) is 15.8. The van der Waals surface area contributed by atoms with Crippen molar-refractivity contribution in [2.45, 2.75) is 44.8 Å². The maximum absolute atomic E-state index is 13.4. The Hall–Kier alpha value is -2.10. The van der Waals surface area contributed by atoms with Gasteiger partial charge in [0.2, 0.25) is 5.91 Å². The van der Waals surface area contributed by atoms with E-state index in [1.807, 2.05) is 4.90 Å². The first kappa shape index (κ1) is 20.2. The molecule has 1 aliphatic carbocycles. The van der Waals surface area contributed by atoms with Crippen LogP contribution in [-0.4, -0.2) is 56.7 Å². The van der Waals surface area contributed by atoms with Gasteiger partial charge in [-0.1, -0.05) is 12.8 Å². The van der Waals surface area contributed by atoms with Crippen LogP contribution in [0.2, 0.25) is 0 Å². The number of pyridine rings is 1. The number of aromatic nitrogens is 2. The topological polar surface area (TPSA) is 57.9 Å². The minimum atomic E-state index is -4.61. The molecule has 29 heavy (non-hydrogen) atoms. The van der Waals surface area contributed by atoms with Crippen molar-refractivity contribution in [2.24, 2.45) is 0 Å². The van der Waals surface area contributed by atoms with Crippen LogP contribution < -0.4 is 0 Å². The highest BCUT2D eigenvalue weighted by atomic mass is 79.9. The first-order valence-corrected chi connectivity index (χ1v) is 10.3. The van der Waals surface area contributed by atoms with Crippen LogP contribution in [0, 0.1) is 6.92 Å². The van der Waals surface area contributed by atoms with Crippen LogP contribution in [0.5, 0.6) is 0 Å². The summed E-state index contributed by atoms with van der Waals surface area (Å²) in [6.07, 6.45) is 1.03. The minimum Gasteiger partial charge on any atom is -0.336 e. The Labute approximate surface area is 173 Å². The number of imidazole rings is 1. The van der Waals surface area contributed by atoms with Crippen molar-refractivity contribution in [2.75, 3.05) is 19.6 Å². The smallest absolute Gasteiger partial charge is 0.336 e. The highest BCUT2D eigenvalue weighted by molar-refractivity contribution is 9.10. The van der Waals surface area contributed by atoms with Gasteiger partial charge in [-0.15, -0.1) is 0 Å². The van der Waals surface area contributed by atoms with Gasteiger partial charge in [0.1, 0.15) is 17.9 Å². The fourth-order valence-electron chi connectivity index (χ4n) is 4.25. The summed E-state index contributed by atoms with van der Waals surface area (Å²) in [6, 6.07) is 1.18. The molecular formula is C19H20BrF3N4O2. The number of fused-ring (bicyclic) bond motifs is 1. The van der Waals surface area contributed by atoms with E-state index in [4.69, 9.17) is 0 Å². The fraction of sp³-hybridized carbons (Fsp3) is 0.526. The standard InChI is InChI=1S/C19H20BrF3N4O2/c1-11-16(24-17-14(19(21,22)23)8-12(20)9-27(11)17)18(29)25-6-7-26(15(28)10-25)13-4-2-3-5-13/h8-9,13H,2-7,10H2,1H3. The molecule has 0 radical (unpaired) electrons. The molecule has 156 valence electrons. The predicted octanol–water partition coefficient (Wildman–Crippen LogP) is 3.65. The average Bonchev–Trinajstić information content (AvgIpc) is 3.29. The van der Waals surface area contributed by atoms with Gasteiger partial charge >= 0.3 is 6.18 Å². The SMILES string of the molecule is Cc1c(C(=O)N2CCN(C3CCCC3)C(=O)C2)nc2c(C(F)(F)F)cc(Br)cn12. The Kier molecular flexibility index (Phi) is 5.08. The number of hydrogen-bond acceptors (Lipinski definition) is 3. The molecule has 0 atom stereocenters. The predicted molar refractivity (Wildman–Crippen MR) is 103 cm³/mol. The molecule has 10 heteroatoms. The third-order valence-corrected chi connectivity index (χ3v) is 6.18. The second-order valence-electron chi connectivity index (χ2n) is 7.56. The summed E-state index contributed by atoms with van der Waals surface area (Å²) >= 11 is 3.09. The van der Waals surface area contributed by atoms with Gasteiger partial charge in [-0.05, 0) is 41.8 Å². The Balaban J connectivity index is 1.62. The van der Waals surface area contributed by atoms with Crippen molar-refractivity contribution < 1.29 is 22.8 Å². The number of aryl methyl sites for hydroxylation is 1. The lowest BCUT2D eigenvalue weighted by Gasteiger charge is -2.37. The number of carbonyl (C=O) groups excluding carboxylic acids is 2. The van der Waals surface area contributed by atoms with Crippen molar-refractivity contribution in [3.05, 3.63) is 33.7 Å². The van der Waals surface area contributed by atoms with Gasteiger partial charge in [-0.25, -0.2) is 4.98 Å². The molecule has 1 aliphatic heterocycles. The molecule has 2 aromatic heterocycles. The molecule has 4 rings (SSSR count). The Bertz CT molecular complexity index is 982. The van der Waals surface area contributed by atoms with E-state index in [1.54, 1.807) is 6.92 Å². The molecule has 2 amide bonds. The summed E-state index contributed by atoms with van der Waals surface area (Å²) in [5, 5.41) is 0. The molecule has 0 aromatic carbocycles. The number of amides is 2. The van der Waals surface area contributed by atoms with E-state index in [-0.39, 0.29) is 34.3 Å². The van der Waals surface area contributed by atoms with Crippen molar-refractivity contribution in [3.8, 4) is 0 Å². The fourth-order valence-corrected chi connectivity index (χ4v) is 4.68. The quantitative estimate of drug-likeness (QED) is 0.670. The van der Waals surface area contributed by atoms with Crippen molar-refractivity contribution in [3.63, 3.8) is 0 Å². The molecule has 0 unspecified atom stereocenters. The Morgan fingerprint density at radius 2 is 1.93 bits per heavy atom. The molecule has 0 bridgehead atoms. The lowest BCUT2D eigenvalue weighted by Crippen LogP contribution is -2.55. The number of piperazine rings is 1. The van der Waals surface area contributed by atoms with E-state index in [9.17, 15) is 22.8 Å². The number of nitrogens with zero attached hydrogens (tertiary/aromatic N) is 4. The van der Waals surface area contributed by atoms with Crippen LogP contribution in [0.15, 0.2) is 16.7 Å². The van der Waals surface area contributed by atoms with Crippen molar-refractivity contribution in [1.82, 2.24) is 19.2 Å². The number of alkyl halides is 3. The van der Waals surface area contributed by atoms with E-state index < -0.39 is 17.6 Å². The molecule has 1 saturated heterocycles. The lowest BCUT2D eigenvalue weighted by atomic mass is 10.1. The van der Waals surface area contributed by atoms with Gasteiger partial charge in [-0.3, -0.25) is 9.59 Å². The number of halogens is 4. The summed E-state index contributed by atoms with van der Waals surface area (Å²) in [4.78, 5) is 32.8. The Morgan fingerprint density at radius 3 is 2.55 bits per heavy atom. The minimum absolute atomic E-state index is 0.0595. The normalized spacial score (nSPS) is 18.9. The number of rotatable bonds is 2. The van der Waals surface area contributed by atoms with E-state index in [1.165, 1.54) is 15.5 Å². The molecule has 6 nitrogen and oxygen atoms in total. The molecule has 3 heterocycles. The lowest BCUT2D eigenvalue weighted by molar-refractivity contribution is -0.137. The molecule has 0 N–H and O–H groups in total. The second kappa shape index (κ2) is 7.30. The summed E-state index contributed by atoms with van der Waals surface area (Å²) in [5.41, 5.74) is -0.994. The molecule has 2 aliphatic rings. The monoisotopic (exact) mass is 472 g/mol. The summed E-state index contributed by atoms with van der Waals surface area (Å²) in [7, 11) is 0. The molecule has 1 saturated carbocycles. The first-order chi connectivity index (χ1) is 13.7. The van der Waals surface area contributed by atoms with Gasteiger partial charge in [0.15, 0.2) is 0 Å². The zero-order chi connectivity index (χ0) is 20.9. The molecule has 0 spiro atoms. The van der Waals surface area contributed by atoms with Crippen LogP contribution in [0.4, 0.5) is 13.2 Å². The molecule has 2 fully saturated rings. The third-order valence-electron chi connectivity index (χ3n) is 5.74. The van der Waals surface area contributed by atoms with E-state index in [2.05, 4.69) is 20.9 Å². The second-order valence-corrected chi connectivity index (χ2v) is 8.48. The molecular weight excluding hydrogens is 453 g/mol. The maximum atomic E-state index is 13.4. The number of hydrogen-bond donors (Lipinski definition) is 0. The van der Waals surface area contributed by atoms with Gasteiger partial charge in [0, 0.05) is 29.8 Å². The Morgan fingerprint density at radius 1 is 1.24 bits per heavy atom. The van der Waals surface area contributed by atoms with Crippen molar-refractivity contribution in [1.29, 1.82) is 0 Å². The summed E-state index contributed by atoms with van der Waals surface area (Å²) in [6.45, 7) is 2.28. The van der Waals surface area contributed by atoms with Gasteiger partial charge < -0.3 is 14.2 Å². The summed E-state index contributed by atoms with van der Waals surface area (Å²) < 4.78 is 41.7. The average molecular weight is 473 g/mol. The zero-order valence-corrected chi connectivity index (χ0v) is 17.4. The van der Waals surface area contributed by atoms with Crippen LogP contribution in [0.25, 0.3) is 5.65 Å². The first-order valence-electron chi connectivity index (χ1n) is 9.51. The third kappa shape index (κ3) is 3.62. The van der Waals surface area contributed by atoms with E-state index in [0.717, 1.165) is 31.7 Å². The van der Waals surface area contributed by atoms with E-state index >= 15 is 0 Å². The highest BCUT2D eigenvalue weighted by Gasteiger charge is 2.37. The van der Waals surface area contributed by atoms with E-state index in [0.29, 0.717) is 18.8 Å². The van der Waals surface area contributed by atoms with Gasteiger partial charge in [0.25, 0.3) is 5.91 Å². The number of carbonyl (C=O) groups is 2. The molecule has 2 aromatic rings. The van der Waals surface area contributed by atoms with Crippen molar-refractivity contribution >= 4 is 33.4 Å². The largest absolute Gasteiger partial charge is 0.420 e. The maximum Gasteiger partial charge on any atom is 0.420 e.